The maximum atomic E-state index is 4.08. The SMILES string of the molecule is CCCc1c(C)cncc1Br. The summed E-state index contributed by atoms with van der Waals surface area (Å²) in [6, 6.07) is 0. The molecule has 0 aromatic carbocycles. The largest absolute Gasteiger partial charge is 0.263 e. The number of pyridine rings is 1. The molecule has 0 saturated heterocycles. The third kappa shape index (κ3) is 2.03. The van der Waals surface area contributed by atoms with E-state index in [-0.39, 0.29) is 0 Å². The van der Waals surface area contributed by atoms with Gasteiger partial charge in [0.1, 0.15) is 0 Å². The minimum Gasteiger partial charge on any atom is -0.263 e. The zero-order valence-electron chi connectivity index (χ0n) is 6.89. The van der Waals surface area contributed by atoms with Crippen molar-refractivity contribution in [2.24, 2.45) is 0 Å². The number of aryl methyl sites for hydroxylation is 1. The second-order valence-electron chi connectivity index (χ2n) is 2.67. The van der Waals surface area contributed by atoms with E-state index >= 15 is 0 Å². The van der Waals surface area contributed by atoms with Crippen molar-refractivity contribution in [1.29, 1.82) is 0 Å². The summed E-state index contributed by atoms with van der Waals surface area (Å²) in [5.41, 5.74) is 2.67. The Morgan fingerprint density at radius 3 is 2.73 bits per heavy atom. The quantitative estimate of drug-likeness (QED) is 0.737. The van der Waals surface area contributed by atoms with Gasteiger partial charge in [-0.2, -0.15) is 0 Å². The Kier molecular flexibility index (Phi) is 3.06. The molecule has 60 valence electrons. The summed E-state index contributed by atoms with van der Waals surface area (Å²) in [6.07, 6.45) is 6.09. The lowest BCUT2D eigenvalue weighted by molar-refractivity contribution is 0.901. The van der Waals surface area contributed by atoms with Crippen LogP contribution in [0, 0.1) is 6.92 Å². The Labute approximate surface area is 76.0 Å². The van der Waals surface area contributed by atoms with E-state index in [4.69, 9.17) is 0 Å². The molecule has 1 aromatic heterocycles. The van der Waals surface area contributed by atoms with Crippen LogP contribution in [-0.2, 0) is 6.42 Å². The van der Waals surface area contributed by atoms with Crippen molar-refractivity contribution >= 4 is 15.9 Å². The standard InChI is InChI=1S/C9H12BrN/c1-3-4-8-7(2)5-11-6-9(8)10/h5-6H,3-4H2,1-2H3. The van der Waals surface area contributed by atoms with Crippen LogP contribution in [0.25, 0.3) is 0 Å². The number of hydrogen-bond donors (Lipinski definition) is 0. The molecule has 1 rings (SSSR count). The Hall–Kier alpha value is -0.370. The Balaban J connectivity index is 3.00. The molecule has 1 nitrogen and oxygen atoms in total. The molecule has 0 aliphatic heterocycles. The molecule has 1 aromatic rings. The van der Waals surface area contributed by atoms with E-state index in [1.54, 1.807) is 0 Å². The van der Waals surface area contributed by atoms with Crippen molar-refractivity contribution < 1.29 is 0 Å². The predicted octanol–water partition coefficient (Wildman–Crippen LogP) is 3.11. The van der Waals surface area contributed by atoms with Crippen LogP contribution in [0.3, 0.4) is 0 Å². The fourth-order valence-electron chi connectivity index (χ4n) is 1.13. The van der Waals surface area contributed by atoms with Crippen LogP contribution >= 0.6 is 15.9 Å². The molecule has 11 heavy (non-hydrogen) atoms. The Morgan fingerprint density at radius 1 is 1.45 bits per heavy atom. The lowest BCUT2D eigenvalue weighted by atomic mass is 10.1. The molecule has 0 amide bonds. The van der Waals surface area contributed by atoms with Gasteiger partial charge in [-0.05, 0) is 40.4 Å². The number of hydrogen-bond acceptors (Lipinski definition) is 1. The number of halogens is 1. The molecule has 0 radical (unpaired) electrons. The molecule has 0 aliphatic rings. The van der Waals surface area contributed by atoms with Gasteiger partial charge in [0.25, 0.3) is 0 Å². The van der Waals surface area contributed by atoms with Crippen molar-refractivity contribution in [3.8, 4) is 0 Å². The topological polar surface area (TPSA) is 12.9 Å². The molecule has 0 aliphatic carbocycles. The maximum Gasteiger partial charge on any atom is 0.0413 e. The Bertz CT molecular complexity index is 225. The monoisotopic (exact) mass is 213 g/mol. The Morgan fingerprint density at radius 2 is 2.18 bits per heavy atom. The van der Waals surface area contributed by atoms with Gasteiger partial charge in [0.15, 0.2) is 0 Å². The maximum absolute atomic E-state index is 4.08. The molecule has 0 saturated carbocycles. The van der Waals surface area contributed by atoms with E-state index in [9.17, 15) is 0 Å². The van der Waals surface area contributed by atoms with E-state index in [0.29, 0.717) is 0 Å². The van der Waals surface area contributed by atoms with Crippen LogP contribution < -0.4 is 0 Å². The molecule has 0 fully saturated rings. The molecule has 0 unspecified atom stereocenters. The van der Waals surface area contributed by atoms with Crippen LogP contribution in [0.4, 0.5) is 0 Å². The van der Waals surface area contributed by atoms with Gasteiger partial charge >= 0.3 is 0 Å². The highest BCUT2D eigenvalue weighted by atomic mass is 79.9. The first-order valence-corrected chi connectivity index (χ1v) is 4.64. The first kappa shape index (κ1) is 8.72. The van der Waals surface area contributed by atoms with Gasteiger partial charge in [0.2, 0.25) is 0 Å². The van der Waals surface area contributed by atoms with Gasteiger partial charge in [-0.25, -0.2) is 0 Å². The van der Waals surface area contributed by atoms with Gasteiger partial charge < -0.3 is 0 Å². The molecular weight excluding hydrogens is 202 g/mol. The van der Waals surface area contributed by atoms with Crippen LogP contribution in [0.15, 0.2) is 16.9 Å². The number of rotatable bonds is 2. The van der Waals surface area contributed by atoms with E-state index in [2.05, 4.69) is 34.8 Å². The van der Waals surface area contributed by atoms with E-state index < -0.39 is 0 Å². The summed E-state index contributed by atoms with van der Waals surface area (Å²) in [7, 11) is 0. The molecule has 2 heteroatoms. The van der Waals surface area contributed by atoms with Crippen LogP contribution in [0.2, 0.25) is 0 Å². The van der Waals surface area contributed by atoms with Crippen molar-refractivity contribution in [3.05, 3.63) is 28.0 Å². The molecule has 1 heterocycles. The fraction of sp³-hybridized carbons (Fsp3) is 0.444. The zero-order chi connectivity index (χ0) is 8.27. The third-order valence-corrected chi connectivity index (χ3v) is 2.40. The van der Waals surface area contributed by atoms with Crippen molar-refractivity contribution in [2.75, 3.05) is 0 Å². The summed E-state index contributed by atoms with van der Waals surface area (Å²) >= 11 is 3.49. The van der Waals surface area contributed by atoms with Crippen LogP contribution in [-0.4, -0.2) is 4.98 Å². The molecule has 0 N–H and O–H groups in total. The molecule has 0 atom stereocenters. The van der Waals surface area contributed by atoms with E-state index in [1.807, 2.05) is 12.4 Å². The van der Waals surface area contributed by atoms with Gasteiger partial charge in [0.05, 0.1) is 0 Å². The lowest BCUT2D eigenvalue weighted by Gasteiger charge is -2.04. The second-order valence-corrected chi connectivity index (χ2v) is 3.52. The fourth-order valence-corrected chi connectivity index (χ4v) is 1.75. The summed E-state index contributed by atoms with van der Waals surface area (Å²) in [4.78, 5) is 4.08. The van der Waals surface area contributed by atoms with Gasteiger partial charge in [-0.15, -0.1) is 0 Å². The van der Waals surface area contributed by atoms with Crippen molar-refractivity contribution in [3.63, 3.8) is 0 Å². The van der Waals surface area contributed by atoms with Crippen LogP contribution in [0.5, 0.6) is 0 Å². The highest BCUT2D eigenvalue weighted by Gasteiger charge is 2.01. The molecule has 0 spiro atoms. The highest BCUT2D eigenvalue weighted by molar-refractivity contribution is 9.10. The highest BCUT2D eigenvalue weighted by Crippen LogP contribution is 2.19. The second kappa shape index (κ2) is 3.86. The average Bonchev–Trinajstić information content (AvgIpc) is 1.97. The summed E-state index contributed by atoms with van der Waals surface area (Å²) in [6.45, 7) is 4.29. The third-order valence-electron chi connectivity index (χ3n) is 1.72. The molecular formula is C9H12BrN. The molecule has 0 bridgehead atoms. The van der Waals surface area contributed by atoms with Gasteiger partial charge in [-0.3, -0.25) is 4.98 Å². The first-order valence-electron chi connectivity index (χ1n) is 3.84. The summed E-state index contributed by atoms with van der Waals surface area (Å²) in [5.74, 6) is 0. The van der Waals surface area contributed by atoms with E-state index in [0.717, 1.165) is 10.9 Å². The predicted molar refractivity (Wildman–Crippen MR) is 50.7 cm³/mol. The summed E-state index contributed by atoms with van der Waals surface area (Å²) in [5, 5.41) is 0. The summed E-state index contributed by atoms with van der Waals surface area (Å²) < 4.78 is 1.14. The normalized spacial score (nSPS) is 10.1. The van der Waals surface area contributed by atoms with Gasteiger partial charge in [0, 0.05) is 16.9 Å². The average molecular weight is 214 g/mol. The minimum atomic E-state index is 1.13. The zero-order valence-corrected chi connectivity index (χ0v) is 8.48. The number of aromatic nitrogens is 1. The first-order chi connectivity index (χ1) is 5.25. The smallest absolute Gasteiger partial charge is 0.0413 e. The van der Waals surface area contributed by atoms with E-state index in [1.165, 1.54) is 17.5 Å². The van der Waals surface area contributed by atoms with Crippen LogP contribution in [0.1, 0.15) is 24.5 Å². The number of nitrogens with zero attached hydrogens (tertiary/aromatic N) is 1. The van der Waals surface area contributed by atoms with Crippen molar-refractivity contribution in [1.82, 2.24) is 4.98 Å². The van der Waals surface area contributed by atoms with Crippen molar-refractivity contribution in [2.45, 2.75) is 26.7 Å². The van der Waals surface area contributed by atoms with Gasteiger partial charge in [-0.1, -0.05) is 13.3 Å². The lowest BCUT2D eigenvalue weighted by Crippen LogP contribution is -1.91. The minimum absolute atomic E-state index is 1.13.